The molecular formula is C13H17BrClNO3. The van der Waals surface area contributed by atoms with Crippen molar-refractivity contribution < 1.29 is 14.3 Å². The van der Waals surface area contributed by atoms with Crippen LogP contribution in [0.5, 0.6) is 5.75 Å². The number of hydrogen-bond donors (Lipinski definition) is 1. The average Bonchev–Trinajstić information content (AvgIpc) is 2.27. The smallest absolute Gasteiger partial charge is 0.407 e. The second-order valence-electron chi connectivity index (χ2n) is 4.91. The number of benzene rings is 1. The minimum absolute atomic E-state index is 0.157. The van der Waals surface area contributed by atoms with Gasteiger partial charge in [-0.2, -0.15) is 0 Å². The van der Waals surface area contributed by atoms with E-state index in [2.05, 4.69) is 21.2 Å². The fourth-order valence-corrected chi connectivity index (χ4v) is 1.75. The van der Waals surface area contributed by atoms with Crippen LogP contribution in [0.25, 0.3) is 0 Å². The van der Waals surface area contributed by atoms with Crippen molar-refractivity contribution in [2.45, 2.75) is 26.3 Å². The van der Waals surface area contributed by atoms with Crippen LogP contribution >= 0.6 is 27.5 Å². The van der Waals surface area contributed by atoms with Crippen LogP contribution in [-0.2, 0) is 4.74 Å². The van der Waals surface area contributed by atoms with Crippen LogP contribution in [0.2, 0.25) is 5.02 Å². The highest BCUT2D eigenvalue weighted by Crippen LogP contribution is 2.31. The molecule has 0 spiro atoms. The Labute approximate surface area is 126 Å². The van der Waals surface area contributed by atoms with Gasteiger partial charge in [0.2, 0.25) is 0 Å². The summed E-state index contributed by atoms with van der Waals surface area (Å²) in [6.45, 7) is 6.04. The summed E-state index contributed by atoms with van der Waals surface area (Å²) >= 11 is 9.33. The van der Waals surface area contributed by atoms with E-state index in [1.807, 2.05) is 32.9 Å². The lowest BCUT2D eigenvalue weighted by molar-refractivity contribution is 0.118. The lowest BCUT2D eigenvalue weighted by Gasteiger charge is -2.20. The summed E-state index contributed by atoms with van der Waals surface area (Å²) in [5.41, 5.74) is -0.314. The fourth-order valence-electron chi connectivity index (χ4n) is 1.22. The summed E-state index contributed by atoms with van der Waals surface area (Å²) in [4.78, 5) is 11.4. The molecule has 0 aromatic heterocycles. The molecule has 0 unspecified atom stereocenters. The first kappa shape index (κ1) is 16.1. The summed E-state index contributed by atoms with van der Waals surface area (Å²) in [5.74, 6) is 0.552. The molecule has 106 valence electrons. The molecule has 0 aliphatic carbocycles. The lowest BCUT2D eigenvalue weighted by atomic mass is 10.1. The molecule has 0 fully saturated rings. The quantitative estimate of drug-likeness (QED) is 0.835. The minimum Gasteiger partial charge on any atom is -0.488 e. The number of amides is 1. The maximum atomic E-state index is 11.4. The van der Waals surface area contributed by atoms with Crippen molar-refractivity contribution in [3.63, 3.8) is 0 Å². The van der Waals surface area contributed by atoms with Crippen molar-refractivity contribution in [3.05, 3.63) is 27.7 Å². The highest BCUT2D eigenvalue weighted by molar-refractivity contribution is 9.10. The molecule has 19 heavy (non-hydrogen) atoms. The zero-order valence-electron chi connectivity index (χ0n) is 11.1. The number of rotatable bonds is 4. The molecular weight excluding hydrogens is 334 g/mol. The third-order valence-electron chi connectivity index (χ3n) is 1.97. The summed E-state index contributed by atoms with van der Waals surface area (Å²) < 4.78 is 11.2. The summed E-state index contributed by atoms with van der Waals surface area (Å²) in [6, 6.07) is 5.39. The number of carbonyl (C=O) groups excluding carboxylic acids is 1. The van der Waals surface area contributed by atoms with Gasteiger partial charge in [0.05, 0.1) is 5.02 Å². The van der Waals surface area contributed by atoms with Crippen molar-refractivity contribution >= 4 is 33.6 Å². The van der Waals surface area contributed by atoms with Gasteiger partial charge in [-0.25, -0.2) is 4.79 Å². The number of ether oxygens (including phenoxy) is 2. The second kappa shape index (κ2) is 7.01. The van der Waals surface area contributed by atoms with E-state index in [-0.39, 0.29) is 18.8 Å². The van der Waals surface area contributed by atoms with E-state index in [0.29, 0.717) is 10.8 Å². The molecule has 6 heteroatoms. The monoisotopic (exact) mass is 349 g/mol. The molecule has 1 amide bonds. The van der Waals surface area contributed by atoms with E-state index in [1.165, 1.54) is 0 Å². The Bertz CT molecular complexity index is 446. The van der Waals surface area contributed by atoms with E-state index in [0.717, 1.165) is 4.47 Å². The van der Waals surface area contributed by atoms with Gasteiger partial charge in [0.1, 0.15) is 19.0 Å². The van der Waals surface area contributed by atoms with Crippen LogP contribution in [0.1, 0.15) is 20.8 Å². The van der Waals surface area contributed by atoms with Gasteiger partial charge in [-0.3, -0.25) is 0 Å². The molecule has 1 aromatic carbocycles. The van der Waals surface area contributed by atoms with Gasteiger partial charge < -0.3 is 14.8 Å². The van der Waals surface area contributed by atoms with Crippen LogP contribution < -0.4 is 10.1 Å². The van der Waals surface area contributed by atoms with E-state index in [9.17, 15) is 4.79 Å². The molecule has 1 aromatic rings. The fraction of sp³-hybridized carbons (Fsp3) is 0.462. The minimum atomic E-state index is -0.462. The Morgan fingerprint density at radius 1 is 1.37 bits per heavy atom. The molecule has 0 saturated heterocycles. The maximum Gasteiger partial charge on any atom is 0.407 e. The average molecular weight is 351 g/mol. The van der Waals surface area contributed by atoms with Crippen molar-refractivity contribution in [2.24, 2.45) is 0 Å². The zero-order chi connectivity index (χ0) is 14.5. The molecule has 0 aliphatic rings. The summed E-state index contributed by atoms with van der Waals surface area (Å²) in [6.07, 6.45) is -0.462. The molecule has 1 rings (SSSR count). The Balaban J connectivity index is 2.32. The molecule has 4 nitrogen and oxygen atoms in total. The molecule has 0 heterocycles. The van der Waals surface area contributed by atoms with Gasteiger partial charge in [-0.15, -0.1) is 0 Å². The largest absolute Gasteiger partial charge is 0.488 e. The van der Waals surface area contributed by atoms with Crippen molar-refractivity contribution in [3.8, 4) is 5.75 Å². The first-order valence-corrected chi connectivity index (χ1v) is 6.98. The van der Waals surface area contributed by atoms with Gasteiger partial charge in [-0.05, 0) is 48.8 Å². The van der Waals surface area contributed by atoms with Gasteiger partial charge in [0, 0.05) is 10.0 Å². The van der Waals surface area contributed by atoms with Crippen LogP contribution in [0.15, 0.2) is 22.7 Å². The number of halogens is 2. The first-order valence-electron chi connectivity index (χ1n) is 5.81. The molecule has 1 N–H and O–H groups in total. The van der Waals surface area contributed by atoms with Crippen molar-refractivity contribution in [1.82, 2.24) is 5.32 Å². The number of nitrogens with one attached hydrogen (secondary N) is 1. The van der Waals surface area contributed by atoms with Gasteiger partial charge >= 0.3 is 6.09 Å². The lowest BCUT2D eigenvalue weighted by Crippen LogP contribution is -2.41. The Morgan fingerprint density at radius 3 is 2.68 bits per heavy atom. The number of carbonyl (C=O) groups is 1. The zero-order valence-corrected chi connectivity index (χ0v) is 13.5. The van der Waals surface area contributed by atoms with E-state index in [4.69, 9.17) is 21.1 Å². The van der Waals surface area contributed by atoms with Crippen molar-refractivity contribution in [2.75, 3.05) is 13.2 Å². The number of alkyl carbamates (subject to hydrolysis) is 1. The molecule has 0 atom stereocenters. The highest BCUT2D eigenvalue weighted by Gasteiger charge is 2.14. The second-order valence-corrected chi connectivity index (χ2v) is 6.14. The maximum absolute atomic E-state index is 11.4. The summed E-state index contributed by atoms with van der Waals surface area (Å²) in [5, 5.41) is 3.19. The highest BCUT2D eigenvalue weighted by atomic mass is 79.9. The Kier molecular flexibility index (Phi) is 5.94. The van der Waals surface area contributed by atoms with E-state index >= 15 is 0 Å². The Morgan fingerprint density at radius 2 is 2.05 bits per heavy atom. The van der Waals surface area contributed by atoms with Crippen LogP contribution in [0.3, 0.4) is 0 Å². The topological polar surface area (TPSA) is 47.6 Å². The SMILES string of the molecule is CC(C)(C)NC(=O)OCCOc1cccc(Br)c1Cl. The predicted molar refractivity (Wildman–Crippen MR) is 78.9 cm³/mol. The third kappa shape index (κ3) is 6.16. The predicted octanol–water partition coefficient (Wildman–Crippen LogP) is 4.01. The molecule has 0 saturated carbocycles. The van der Waals surface area contributed by atoms with Gasteiger partial charge in [0.25, 0.3) is 0 Å². The number of hydrogen-bond acceptors (Lipinski definition) is 3. The normalized spacial score (nSPS) is 11.0. The molecule has 0 radical (unpaired) electrons. The van der Waals surface area contributed by atoms with Gasteiger partial charge in [-0.1, -0.05) is 17.7 Å². The van der Waals surface area contributed by atoms with E-state index < -0.39 is 6.09 Å². The standard InChI is InChI=1S/C13H17BrClNO3/c1-13(2,3)16-12(17)19-8-7-18-10-6-4-5-9(14)11(10)15/h4-6H,7-8H2,1-3H3,(H,16,17). The van der Waals surface area contributed by atoms with Crippen molar-refractivity contribution in [1.29, 1.82) is 0 Å². The summed E-state index contributed by atoms with van der Waals surface area (Å²) in [7, 11) is 0. The molecule has 0 aliphatic heterocycles. The van der Waals surface area contributed by atoms with E-state index in [1.54, 1.807) is 6.07 Å². The Hall–Kier alpha value is -0.940. The third-order valence-corrected chi connectivity index (χ3v) is 3.25. The van der Waals surface area contributed by atoms with Crippen LogP contribution in [-0.4, -0.2) is 24.8 Å². The first-order chi connectivity index (χ1) is 8.79. The molecule has 0 bridgehead atoms. The van der Waals surface area contributed by atoms with Crippen LogP contribution in [0, 0.1) is 0 Å². The van der Waals surface area contributed by atoms with Crippen LogP contribution in [0.4, 0.5) is 4.79 Å². The van der Waals surface area contributed by atoms with Gasteiger partial charge in [0.15, 0.2) is 0 Å².